The Morgan fingerprint density at radius 1 is 1.53 bits per heavy atom. The second-order valence-electron chi connectivity index (χ2n) is 4.89. The topological polar surface area (TPSA) is 72.9 Å². The summed E-state index contributed by atoms with van der Waals surface area (Å²) in [6, 6.07) is 5.87. The zero-order valence-electron chi connectivity index (χ0n) is 11.0. The Kier molecular flexibility index (Phi) is 4.28. The summed E-state index contributed by atoms with van der Waals surface area (Å²) >= 11 is 2.23. The first-order valence-corrected chi connectivity index (χ1v) is 7.23. The van der Waals surface area contributed by atoms with Crippen molar-refractivity contribution in [1.82, 2.24) is 14.9 Å². The molecule has 0 spiro atoms. The fourth-order valence-corrected chi connectivity index (χ4v) is 2.28. The smallest absolute Gasteiger partial charge is 0.240 e. The number of hydrogen-bond acceptors (Lipinski definition) is 3. The van der Waals surface area contributed by atoms with Crippen LogP contribution in [0.25, 0.3) is 11.0 Å². The maximum atomic E-state index is 11.9. The fourth-order valence-electron chi connectivity index (χ4n) is 1.81. The van der Waals surface area contributed by atoms with Gasteiger partial charge < -0.3 is 15.6 Å². The molecule has 19 heavy (non-hydrogen) atoms. The highest BCUT2D eigenvalue weighted by molar-refractivity contribution is 14.1. The van der Waals surface area contributed by atoms with Gasteiger partial charge in [0.05, 0.1) is 11.0 Å². The highest BCUT2D eigenvalue weighted by Gasteiger charge is 2.11. The summed E-state index contributed by atoms with van der Waals surface area (Å²) in [4.78, 5) is 16.1. The van der Waals surface area contributed by atoms with Crippen molar-refractivity contribution in [3.05, 3.63) is 21.8 Å². The number of benzene rings is 1. The second-order valence-corrected chi connectivity index (χ2v) is 6.13. The number of nitrogens with two attached hydrogens (primary N) is 1. The average molecular weight is 372 g/mol. The van der Waals surface area contributed by atoms with E-state index in [2.05, 4.69) is 46.7 Å². The van der Waals surface area contributed by atoms with Crippen molar-refractivity contribution in [3.63, 3.8) is 0 Å². The Hall–Kier alpha value is -1.31. The molecule has 0 fully saturated rings. The molecule has 6 heteroatoms. The first kappa shape index (κ1) is 14.1. The third-order valence-electron chi connectivity index (χ3n) is 2.75. The quantitative estimate of drug-likeness (QED) is 0.807. The SMILES string of the molecule is CC(C)CNC(=O)Cn1c(N)nc2cc(I)ccc21. The zero-order chi connectivity index (χ0) is 14.0. The molecule has 0 aliphatic rings. The Morgan fingerprint density at radius 2 is 2.26 bits per heavy atom. The van der Waals surface area contributed by atoms with Crippen LogP contribution in [0.3, 0.4) is 0 Å². The monoisotopic (exact) mass is 372 g/mol. The van der Waals surface area contributed by atoms with Gasteiger partial charge in [0.25, 0.3) is 0 Å². The number of rotatable bonds is 4. The lowest BCUT2D eigenvalue weighted by atomic mass is 10.2. The van der Waals surface area contributed by atoms with Crippen LogP contribution in [-0.2, 0) is 11.3 Å². The summed E-state index contributed by atoms with van der Waals surface area (Å²) in [6.45, 7) is 4.99. The molecule has 0 aliphatic carbocycles. The van der Waals surface area contributed by atoms with Crippen LogP contribution in [0.5, 0.6) is 0 Å². The van der Waals surface area contributed by atoms with Gasteiger partial charge in [-0.15, -0.1) is 0 Å². The lowest BCUT2D eigenvalue weighted by molar-refractivity contribution is -0.121. The molecule has 1 heterocycles. The minimum absolute atomic E-state index is 0.0433. The number of imidazole rings is 1. The molecule has 2 aromatic rings. The van der Waals surface area contributed by atoms with Crippen LogP contribution in [0, 0.1) is 9.49 Å². The molecule has 0 aliphatic heterocycles. The van der Waals surface area contributed by atoms with E-state index in [-0.39, 0.29) is 12.5 Å². The van der Waals surface area contributed by atoms with Gasteiger partial charge in [0.2, 0.25) is 11.9 Å². The summed E-state index contributed by atoms with van der Waals surface area (Å²) < 4.78 is 2.83. The first-order valence-electron chi connectivity index (χ1n) is 6.15. The number of anilines is 1. The fraction of sp³-hybridized carbons (Fsp3) is 0.385. The molecule has 0 atom stereocenters. The Balaban J connectivity index is 2.20. The maximum absolute atomic E-state index is 11.9. The number of aromatic nitrogens is 2. The number of fused-ring (bicyclic) bond motifs is 1. The van der Waals surface area contributed by atoms with Crippen molar-refractivity contribution >= 4 is 45.5 Å². The number of amides is 1. The van der Waals surface area contributed by atoms with E-state index in [1.54, 1.807) is 4.57 Å². The van der Waals surface area contributed by atoms with Crippen molar-refractivity contribution in [3.8, 4) is 0 Å². The lowest BCUT2D eigenvalue weighted by Gasteiger charge is -2.09. The molecule has 0 saturated carbocycles. The largest absolute Gasteiger partial charge is 0.369 e. The number of hydrogen-bond donors (Lipinski definition) is 2. The maximum Gasteiger partial charge on any atom is 0.240 e. The number of nitrogen functional groups attached to an aromatic ring is 1. The highest BCUT2D eigenvalue weighted by Crippen LogP contribution is 2.20. The van der Waals surface area contributed by atoms with Gasteiger partial charge in [-0.05, 0) is 46.7 Å². The molecule has 102 valence electrons. The van der Waals surface area contributed by atoms with E-state index in [0.717, 1.165) is 14.6 Å². The average Bonchev–Trinajstić information content (AvgIpc) is 2.62. The Labute approximate surface area is 125 Å². The van der Waals surface area contributed by atoms with Gasteiger partial charge in [-0.2, -0.15) is 0 Å². The van der Waals surface area contributed by atoms with Crippen LogP contribution in [0.4, 0.5) is 5.95 Å². The zero-order valence-corrected chi connectivity index (χ0v) is 13.1. The van der Waals surface area contributed by atoms with Crippen LogP contribution in [0.2, 0.25) is 0 Å². The Bertz CT molecular complexity index is 606. The van der Waals surface area contributed by atoms with E-state index >= 15 is 0 Å². The Morgan fingerprint density at radius 3 is 2.95 bits per heavy atom. The van der Waals surface area contributed by atoms with Crippen molar-refractivity contribution in [1.29, 1.82) is 0 Å². The molecule has 0 radical (unpaired) electrons. The van der Waals surface area contributed by atoms with E-state index in [1.807, 2.05) is 18.2 Å². The number of nitrogens with one attached hydrogen (secondary N) is 1. The van der Waals surface area contributed by atoms with Crippen LogP contribution in [0.1, 0.15) is 13.8 Å². The molecule has 0 saturated heterocycles. The van der Waals surface area contributed by atoms with E-state index in [9.17, 15) is 4.79 Å². The van der Waals surface area contributed by atoms with E-state index in [1.165, 1.54) is 0 Å². The van der Waals surface area contributed by atoms with Crippen LogP contribution >= 0.6 is 22.6 Å². The minimum atomic E-state index is -0.0433. The summed E-state index contributed by atoms with van der Waals surface area (Å²) in [6.07, 6.45) is 0. The summed E-state index contributed by atoms with van der Waals surface area (Å²) in [5, 5.41) is 2.88. The molecular weight excluding hydrogens is 355 g/mol. The van der Waals surface area contributed by atoms with Gasteiger partial charge in [0.15, 0.2) is 0 Å². The predicted octanol–water partition coefficient (Wildman–Crippen LogP) is 2.00. The van der Waals surface area contributed by atoms with Gasteiger partial charge in [-0.1, -0.05) is 13.8 Å². The molecule has 1 aromatic carbocycles. The first-order chi connectivity index (χ1) is 8.97. The van der Waals surface area contributed by atoms with Gasteiger partial charge in [-0.25, -0.2) is 4.98 Å². The van der Waals surface area contributed by atoms with Crippen LogP contribution < -0.4 is 11.1 Å². The van der Waals surface area contributed by atoms with Gasteiger partial charge in [0.1, 0.15) is 6.54 Å². The molecular formula is C13H17IN4O. The third kappa shape index (κ3) is 3.37. The number of carbonyl (C=O) groups is 1. The van der Waals surface area contributed by atoms with Crippen molar-refractivity contribution in [2.24, 2.45) is 5.92 Å². The third-order valence-corrected chi connectivity index (χ3v) is 3.42. The molecule has 5 nitrogen and oxygen atoms in total. The molecule has 2 rings (SSSR count). The van der Waals surface area contributed by atoms with Crippen molar-refractivity contribution < 1.29 is 4.79 Å². The van der Waals surface area contributed by atoms with Gasteiger partial charge >= 0.3 is 0 Å². The summed E-state index contributed by atoms with van der Waals surface area (Å²) in [5.74, 6) is 0.761. The molecule has 1 aromatic heterocycles. The van der Waals surface area contributed by atoms with E-state index in [0.29, 0.717) is 18.4 Å². The number of nitrogens with zero attached hydrogens (tertiary/aromatic N) is 2. The minimum Gasteiger partial charge on any atom is -0.369 e. The van der Waals surface area contributed by atoms with E-state index in [4.69, 9.17) is 5.73 Å². The van der Waals surface area contributed by atoms with Crippen molar-refractivity contribution in [2.75, 3.05) is 12.3 Å². The highest BCUT2D eigenvalue weighted by atomic mass is 127. The summed E-state index contributed by atoms with van der Waals surface area (Å²) in [5.41, 5.74) is 7.58. The van der Waals surface area contributed by atoms with E-state index < -0.39 is 0 Å². The molecule has 3 N–H and O–H groups in total. The molecule has 0 bridgehead atoms. The van der Waals surface area contributed by atoms with Crippen LogP contribution in [0.15, 0.2) is 18.2 Å². The number of carbonyl (C=O) groups excluding carboxylic acids is 1. The van der Waals surface area contributed by atoms with Gasteiger partial charge in [-0.3, -0.25) is 4.79 Å². The second kappa shape index (κ2) is 5.77. The standard InChI is InChI=1S/C13H17IN4O/c1-8(2)6-16-12(19)7-18-11-4-3-9(14)5-10(11)17-13(18)15/h3-5,8H,6-7H2,1-2H3,(H2,15,17)(H,16,19). The number of halogens is 1. The van der Waals surface area contributed by atoms with Crippen LogP contribution in [-0.4, -0.2) is 22.0 Å². The van der Waals surface area contributed by atoms with Gasteiger partial charge in [0, 0.05) is 10.1 Å². The predicted molar refractivity (Wildman–Crippen MR) is 84.7 cm³/mol. The van der Waals surface area contributed by atoms with Crippen molar-refractivity contribution in [2.45, 2.75) is 20.4 Å². The lowest BCUT2D eigenvalue weighted by Crippen LogP contribution is -2.30. The molecule has 1 amide bonds. The normalized spacial score (nSPS) is 11.2. The molecule has 0 unspecified atom stereocenters. The summed E-state index contributed by atoms with van der Waals surface area (Å²) in [7, 11) is 0.